The number of nitrogens with zero attached hydrogens (tertiary/aromatic N) is 2. The van der Waals surface area contributed by atoms with Gasteiger partial charge in [-0.05, 0) is 36.1 Å². The van der Waals surface area contributed by atoms with Crippen LogP contribution >= 0.6 is 0 Å². The van der Waals surface area contributed by atoms with E-state index in [0.29, 0.717) is 26.1 Å². The zero-order valence-corrected chi connectivity index (χ0v) is 29.2. The van der Waals surface area contributed by atoms with E-state index in [1.165, 1.54) is 0 Å². The Morgan fingerprint density at radius 1 is 0.619 bits per heavy atom. The summed E-state index contributed by atoms with van der Waals surface area (Å²) < 4.78 is 25.3. The highest BCUT2D eigenvalue weighted by atomic mass is 28.3. The first-order valence-corrected chi connectivity index (χ1v) is 22.7. The Morgan fingerprint density at radius 2 is 0.976 bits per heavy atom. The molecule has 1 aliphatic heterocycles. The van der Waals surface area contributed by atoms with Crippen LogP contribution in [0.3, 0.4) is 0 Å². The molecule has 0 saturated carbocycles. The molecule has 1 saturated heterocycles. The summed E-state index contributed by atoms with van der Waals surface area (Å²) in [6, 6.07) is 22.2. The van der Waals surface area contributed by atoms with Gasteiger partial charge in [0.15, 0.2) is 0 Å². The lowest BCUT2D eigenvalue weighted by atomic mass is 9.91. The second kappa shape index (κ2) is 16.2. The quantitative estimate of drug-likeness (QED) is 0.121. The first-order valence-electron chi connectivity index (χ1n) is 15.3. The Balaban J connectivity index is 1.92. The number of hydrogen-bond donors (Lipinski definition) is 0. The van der Waals surface area contributed by atoms with E-state index >= 15 is 0 Å². The molecular formula is C33H54N2O5Si2. The maximum atomic E-state index is 13.9. The minimum Gasteiger partial charge on any atom is -0.356 e. The largest absolute Gasteiger partial charge is 0.356 e. The summed E-state index contributed by atoms with van der Waals surface area (Å²) in [5.74, 6) is 0. The zero-order chi connectivity index (χ0) is 30.8. The fourth-order valence-corrected chi connectivity index (χ4v) is 6.68. The van der Waals surface area contributed by atoms with Crippen LogP contribution in [0, 0.1) is 0 Å². The number of carbonyl (C=O) groups is 1. The zero-order valence-electron chi connectivity index (χ0n) is 27.2. The minimum absolute atomic E-state index is 0.0455. The Bertz CT molecular complexity index is 978. The average Bonchev–Trinajstić information content (AvgIpc) is 2.99. The first kappa shape index (κ1) is 34.5. The summed E-state index contributed by atoms with van der Waals surface area (Å²) in [7, 11) is 1.28. The maximum absolute atomic E-state index is 13.9. The Kier molecular flexibility index (Phi) is 13.3. The van der Waals surface area contributed by atoms with Crippen molar-refractivity contribution in [2.24, 2.45) is 0 Å². The molecule has 4 atom stereocenters. The van der Waals surface area contributed by atoms with E-state index in [2.05, 4.69) is 63.5 Å². The number of carbonyl (C=O) groups excluding carboxylic acids is 1. The van der Waals surface area contributed by atoms with Crippen molar-refractivity contribution in [1.82, 2.24) is 9.80 Å². The molecule has 0 spiro atoms. The number of benzene rings is 2. The molecule has 9 heteroatoms. The average molecular weight is 615 g/mol. The predicted molar refractivity (Wildman–Crippen MR) is 176 cm³/mol. The molecule has 42 heavy (non-hydrogen) atoms. The van der Waals surface area contributed by atoms with Crippen LogP contribution in [0.15, 0.2) is 60.7 Å². The van der Waals surface area contributed by atoms with E-state index < -0.39 is 28.4 Å². The normalized spacial score (nSPS) is 22.0. The number of hydrogen-bond acceptors (Lipinski definition) is 5. The molecule has 1 heterocycles. The molecule has 0 aliphatic carbocycles. The van der Waals surface area contributed by atoms with Gasteiger partial charge in [-0.15, -0.1) is 0 Å². The van der Waals surface area contributed by atoms with Gasteiger partial charge in [-0.1, -0.05) is 99.9 Å². The topological polar surface area (TPSA) is 60.5 Å². The van der Waals surface area contributed by atoms with Crippen LogP contribution in [0.2, 0.25) is 51.4 Å². The second-order valence-electron chi connectivity index (χ2n) is 14.0. The molecule has 0 aromatic heterocycles. The van der Waals surface area contributed by atoms with Crippen LogP contribution in [0.25, 0.3) is 0 Å². The molecule has 1 aliphatic rings. The lowest BCUT2D eigenvalue weighted by molar-refractivity contribution is -0.186. The number of amides is 2. The standard InChI is InChI=1S/C33H54N2O5Si2/c1-34-29(23-27-15-11-9-12-16-27)31(39-25-37-19-21-41(3,4)5)32(40-26-38-20-22-42(6,7)8)30(35(2)33(34)36)24-28-17-13-10-14-18-28/h9-18,29-32H,19-26H2,1-8H3/t29-,30-,31+,32+/m1/s1. The van der Waals surface area contributed by atoms with E-state index in [1.807, 2.05) is 60.3 Å². The fourth-order valence-electron chi connectivity index (χ4n) is 5.17. The molecule has 234 valence electrons. The summed E-state index contributed by atoms with van der Waals surface area (Å²) in [5, 5.41) is 0. The van der Waals surface area contributed by atoms with Gasteiger partial charge in [0.25, 0.3) is 0 Å². The van der Waals surface area contributed by atoms with Crippen molar-refractivity contribution in [1.29, 1.82) is 0 Å². The minimum atomic E-state index is -1.23. The molecule has 2 aromatic rings. The van der Waals surface area contributed by atoms with Crippen LogP contribution < -0.4 is 0 Å². The molecule has 0 bridgehead atoms. The van der Waals surface area contributed by atoms with Gasteiger partial charge in [0.05, 0.1) is 12.1 Å². The molecule has 3 rings (SSSR count). The molecule has 0 N–H and O–H groups in total. The number of urea groups is 1. The highest BCUT2D eigenvalue weighted by molar-refractivity contribution is 6.76. The number of ether oxygens (including phenoxy) is 4. The van der Waals surface area contributed by atoms with E-state index in [-0.39, 0.29) is 31.7 Å². The van der Waals surface area contributed by atoms with Crippen molar-refractivity contribution in [2.45, 2.75) is 88.5 Å². The molecule has 7 nitrogen and oxygen atoms in total. The molecule has 0 radical (unpaired) electrons. The van der Waals surface area contributed by atoms with Gasteiger partial charge in [0.2, 0.25) is 0 Å². The van der Waals surface area contributed by atoms with Crippen molar-refractivity contribution in [3.8, 4) is 0 Å². The van der Waals surface area contributed by atoms with Crippen molar-refractivity contribution in [3.63, 3.8) is 0 Å². The van der Waals surface area contributed by atoms with Crippen molar-refractivity contribution in [3.05, 3.63) is 71.8 Å². The van der Waals surface area contributed by atoms with Gasteiger partial charge in [0, 0.05) is 43.5 Å². The maximum Gasteiger partial charge on any atom is 0.320 e. The van der Waals surface area contributed by atoms with Crippen molar-refractivity contribution >= 4 is 22.2 Å². The SMILES string of the molecule is CN1C(=O)N(C)[C@H](Cc2ccccc2)[C@H](OCOCC[Si](C)(C)C)[C@@H](OCOCC[Si](C)(C)C)[C@H]1Cc1ccccc1. The summed E-state index contributed by atoms with van der Waals surface area (Å²) >= 11 is 0. The lowest BCUT2D eigenvalue weighted by Crippen LogP contribution is -2.52. The summed E-state index contributed by atoms with van der Waals surface area (Å²) in [4.78, 5) is 17.6. The third kappa shape index (κ3) is 11.2. The van der Waals surface area contributed by atoms with E-state index in [0.717, 1.165) is 23.2 Å². The molecule has 2 amide bonds. The van der Waals surface area contributed by atoms with E-state index in [1.54, 1.807) is 0 Å². The highest BCUT2D eigenvalue weighted by Gasteiger charge is 2.46. The van der Waals surface area contributed by atoms with E-state index in [4.69, 9.17) is 18.9 Å². The van der Waals surface area contributed by atoms with E-state index in [9.17, 15) is 4.79 Å². The van der Waals surface area contributed by atoms with Gasteiger partial charge < -0.3 is 28.7 Å². The third-order valence-electron chi connectivity index (χ3n) is 7.94. The Morgan fingerprint density at radius 3 is 1.31 bits per heavy atom. The monoisotopic (exact) mass is 614 g/mol. The van der Waals surface area contributed by atoms with Crippen LogP contribution in [-0.2, 0) is 31.8 Å². The van der Waals surface area contributed by atoms with Gasteiger partial charge in [-0.2, -0.15) is 0 Å². The predicted octanol–water partition coefficient (Wildman–Crippen LogP) is 6.60. The van der Waals surface area contributed by atoms with Gasteiger partial charge in [0.1, 0.15) is 25.8 Å². The number of likely N-dealkylation sites (N-methyl/N-ethyl adjacent to an activating group) is 2. The molecular weight excluding hydrogens is 561 g/mol. The van der Waals surface area contributed by atoms with Gasteiger partial charge in [-0.25, -0.2) is 4.79 Å². The highest BCUT2D eigenvalue weighted by Crippen LogP contribution is 2.29. The van der Waals surface area contributed by atoms with Crippen LogP contribution in [0.1, 0.15) is 11.1 Å². The third-order valence-corrected chi connectivity index (χ3v) is 11.3. The smallest absolute Gasteiger partial charge is 0.320 e. The van der Waals surface area contributed by atoms with Crippen molar-refractivity contribution in [2.75, 3.05) is 40.9 Å². The second-order valence-corrected chi connectivity index (χ2v) is 25.2. The molecule has 1 fully saturated rings. The fraction of sp³-hybridized carbons (Fsp3) is 0.606. The molecule has 2 aromatic carbocycles. The van der Waals surface area contributed by atoms with Crippen LogP contribution in [0.4, 0.5) is 4.79 Å². The van der Waals surface area contributed by atoms with Gasteiger partial charge >= 0.3 is 6.03 Å². The Labute approximate surface area is 256 Å². The first-order chi connectivity index (χ1) is 19.9. The molecule has 0 unspecified atom stereocenters. The summed E-state index contributed by atoms with van der Waals surface area (Å²) in [6.07, 6.45) is 0.436. The van der Waals surface area contributed by atoms with Crippen LogP contribution in [-0.4, -0.2) is 97.2 Å². The van der Waals surface area contributed by atoms with Crippen molar-refractivity contribution < 1.29 is 23.7 Å². The summed E-state index contributed by atoms with van der Waals surface area (Å²) in [6.45, 7) is 15.7. The van der Waals surface area contributed by atoms with Crippen LogP contribution in [0.5, 0.6) is 0 Å². The lowest BCUT2D eigenvalue weighted by Gasteiger charge is -2.37. The Hall–Kier alpha value is -2.02. The summed E-state index contributed by atoms with van der Waals surface area (Å²) in [5.41, 5.74) is 2.29. The number of rotatable bonds is 16. The van der Waals surface area contributed by atoms with Gasteiger partial charge in [-0.3, -0.25) is 0 Å².